The average molecular weight is 301 g/mol. The molecule has 0 aliphatic rings. The monoisotopic (exact) mass is 300 g/mol. The predicted octanol–water partition coefficient (Wildman–Crippen LogP) is 3.24. The van der Waals surface area contributed by atoms with Crippen LogP contribution in [0.3, 0.4) is 0 Å². The lowest BCUT2D eigenvalue weighted by molar-refractivity contribution is 0.248. The van der Waals surface area contributed by atoms with E-state index in [0.29, 0.717) is 0 Å². The molecule has 0 aliphatic heterocycles. The SMILES string of the molecule is CC(C)(CCCO)CNc1ccc(Br)cc1N. The molecule has 0 bridgehead atoms. The first-order valence-corrected chi connectivity index (χ1v) is 6.64. The van der Waals surface area contributed by atoms with Crippen molar-refractivity contribution in [1.82, 2.24) is 0 Å². The maximum absolute atomic E-state index is 8.84. The van der Waals surface area contributed by atoms with Crippen molar-refractivity contribution in [3.63, 3.8) is 0 Å². The summed E-state index contributed by atoms with van der Waals surface area (Å²) in [5.41, 5.74) is 7.78. The lowest BCUT2D eigenvalue weighted by Crippen LogP contribution is -2.23. The number of rotatable bonds is 6. The van der Waals surface area contributed by atoms with Gasteiger partial charge in [0.25, 0.3) is 0 Å². The molecule has 1 aromatic carbocycles. The van der Waals surface area contributed by atoms with E-state index in [1.165, 1.54) is 0 Å². The number of nitrogen functional groups attached to an aromatic ring is 1. The van der Waals surface area contributed by atoms with E-state index in [1.54, 1.807) is 0 Å². The van der Waals surface area contributed by atoms with Crippen LogP contribution in [0.2, 0.25) is 0 Å². The molecule has 0 spiro atoms. The molecule has 1 aromatic rings. The van der Waals surface area contributed by atoms with Crippen molar-refractivity contribution in [2.24, 2.45) is 5.41 Å². The summed E-state index contributed by atoms with van der Waals surface area (Å²) in [4.78, 5) is 0. The highest BCUT2D eigenvalue weighted by Crippen LogP contribution is 2.27. The Morgan fingerprint density at radius 3 is 2.71 bits per heavy atom. The topological polar surface area (TPSA) is 58.3 Å². The second-order valence-corrected chi connectivity index (χ2v) is 5.99. The first-order valence-electron chi connectivity index (χ1n) is 5.84. The van der Waals surface area contributed by atoms with Crippen molar-refractivity contribution in [2.75, 3.05) is 24.2 Å². The van der Waals surface area contributed by atoms with Crippen molar-refractivity contribution in [1.29, 1.82) is 0 Å². The van der Waals surface area contributed by atoms with Crippen LogP contribution in [0.4, 0.5) is 11.4 Å². The minimum Gasteiger partial charge on any atom is -0.397 e. The van der Waals surface area contributed by atoms with E-state index >= 15 is 0 Å². The molecule has 0 unspecified atom stereocenters. The van der Waals surface area contributed by atoms with E-state index in [0.717, 1.165) is 35.2 Å². The fourth-order valence-electron chi connectivity index (χ4n) is 1.68. The van der Waals surface area contributed by atoms with Crippen LogP contribution in [0.25, 0.3) is 0 Å². The number of hydrogen-bond acceptors (Lipinski definition) is 3. The smallest absolute Gasteiger partial charge is 0.0574 e. The van der Waals surface area contributed by atoms with Crippen molar-refractivity contribution in [3.05, 3.63) is 22.7 Å². The zero-order chi connectivity index (χ0) is 12.9. The second kappa shape index (κ2) is 6.26. The lowest BCUT2D eigenvalue weighted by atomic mass is 9.88. The molecule has 3 nitrogen and oxygen atoms in total. The molecular formula is C13H21BrN2O. The number of hydrogen-bond donors (Lipinski definition) is 3. The summed E-state index contributed by atoms with van der Waals surface area (Å²) >= 11 is 3.39. The van der Waals surface area contributed by atoms with Crippen LogP contribution in [0, 0.1) is 5.41 Å². The molecule has 0 saturated carbocycles. The third kappa shape index (κ3) is 4.96. The van der Waals surface area contributed by atoms with Crippen LogP contribution >= 0.6 is 15.9 Å². The van der Waals surface area contributed by atoms with E-state index in [1.807, 2.05) is 18.2 Å². The van der Waals surface area contributed by atoms with Gasteiger partial charge in [-0.2, -0.15) is 0 Å². The van der Waals surface area contributed by atoms with Crippen LogP contribution in [-0.2, 0) is 0 Å². The van der Waals surface area contributed by atoms with Crippen LogP contribution in [0.5, 0.6) is 0 Å². The molecule has 96 valence electrons. The van der Waals surface area contributed by atoms with Gasteiger partial charge in [0.2, 0.25) is 0 Å². The lowest BCUT2D eigenvalue weighted by Gasteiger charge is -2.25. The Kier molecular flexibility index (Phi) is 5.28. The molecule has 0 aromatic heterocycles. The van der Waals surface area contributed by atoms with E-state index in [9.17, 15) is 0 Å². The quantitative estimate of drug-likeness (QED) is 0.707. The van der Waals surface area contributed by atoms with E-state index in [4.69, 9.17) is 10.8 Å². The van der Waals surface area contributed by atoms with Crippen LogP contribution in [-0.4, -0.2) is 18.3 Å². The van der Waals surface area contributed by atoms with E-state index in [2.05, 4.69) is 35.1 Å². The summed E-state index contributed by atoms with van der Waals surface area (Å²) in [6.07, 6.45) is 1.83. The maximum Gasteiger partial charge on any atom is 0.0574 e. The highest BCUT2D eigenvalue weighted by Gasteiger charge is 2.17. The van der Waals surface area contributed by atoms with Gasteiger partial charge in [0.15, 0.2) is 0 Å². The molecule has 4 N–H and O–H groups in total. The summed E-state index contributed by atoms with van der Waals surface area (Å²) in [5.74, 6) is 0. The predicted molar refractivity (Wildman–Crippen MR) is 77.1 cm³/mol. The summed E-state index contributed by atoms with van der Waals surface area (Å²) in [5, 5.41) is 12.2. The fourth-order valence-corrected chi connectivity index (χ4v) is 2.05. The molecular weight excluding hydrogens is 280 g/mol. The molecule has 0 heterocycles. The minimum absolute atomic E-state index is 0.155. The summed E-state index contributed by atoms with van der Waals surface area (Å²) in [6.45, 7) is 5.47. The Morgan fingerprint density at radius 1 is 1.41 bits per heavy atom. The number of anilines is 2. The molecule has 1 rings (SSSR count). The highest BCUT2D eigenvalue weighted by molar-refractivity contribution is 9.10. The Balaban J connectivity index is 2.54. The Hall–Kier alpha value is -0.740. The first kappa shape index (κ1) is 14.3. The second-order valence-electron chi connectivity index (χ2n) is 5.08. The number of halogens is 1. The normalized spacial score (nSPS) is 11.5. The maximum atomic E-state index is 8.84. The van der Waals surface area contributed by atoms with Crippen LogP contribution in [0.15, 0.2) is 22.7 Å². The average Bonchev–Trinajstić information content (AvgIpc) is 2.25. The third-order valence-electron chi connectivity index (χ3n) is 2.78. The Labute approximate surface area is 112 Å². The highest BCUT2D eigenvalue weighted by atomic mass is 79.9. The molecule has 0 atom stereocenters. The number of aliphatic hydroxyl groups is 1. The van der Waals surface area contributed by atoms with Crippen LogP contribution in [0.1, 0.15) is 26.7 Å². The standard InChI is InChI=1S/C13H21BrN2O/c1-13(2,6-3-7-17)9-16-12-5-4-10(14)8-11(12)15/h4-5,8,16-17H,3,6-7,9,15H2,1-2H3. The van der Waals surface area contributed by atoms with Crippen molar-refractivity contribution in [3.8, 4) is 0 Å². The number of aliphatic hydroxyl groups excluding tert-OH is 1. The van der Waals surface area contributed by atoms with Gasteiger partial charge in [-0.3, -0.25) is 0 Å². The summed E-state index contributed by atoms with van der Waals surface area (Å²) in [6, 6.07) is 5.84. The Morgan fingerprint density at radius 2 is 2.12 bits per heavy atom. The molecule has 0 saturated heterocycles. The van der Waals surface area contributed by atoms with Gasteiger partial charge in [-0.15, -0.1) is 0 Å². The number of nitrogens with two attached hydrogens (primary N) is 1. The molecule has 17 heavy (non-hydrogen) atoms. The first-order chi connectivity index (χ1) is 7.94. The van der Waals surface area contributed by atoms with Gasteiger partial charge in [-0.05, 0) is 36.5 Å². The molecule has 0 radical (unpaired) electrons. The van der Waals surface area contributed by atoms with Gasteiger partial charge in [0.1, 0.15) is 0 Å². The van der Waals surface area contributed by atoms with Gasteiger partial charge >= 0.3 is 0 Å². The van der Waals surface area contributed by atoms with Gasteiger partial charge in [0.05, 0.1) is 11.4 Å². The molecule has 0 amide bonds. The van der Waals surface area contributed by atoms with E-state index < -0.39 is 0 Å². The zero-order valence-electron chi connectivity index (χ0n) is 10.5. The molecule has 0 aliphatic carbocycles. The van der Waals surface area contributed by atoms with Crippen molar-refractivity contribution in [2.45, 2.75) is 26.7 Å². The minimum atomic E-state index is 0.155. The van der Waals surface area contributed by atoms with E-state index in [-0.39, 0.29) is 12.0 Å². The van der Waals surface area contributed by atoms with Gasteiger partial charge in [-0.1, -0.05) is 29.8 Å². The summed E-state index contributed by atoms with van der Waals surface area (Å²) < 4.78 is 0.986. The van der Waals surface area contributed by atoms with Crippen molar-refractivity contribution >= 4 is 27.3 Å². The largest absolute Gasteiger partial charge is 0.397 e. The number of nitrogens with one attached hydrogen (secondary N) is 1. The Bertz CT molecular complexity index is 366. The molecule has 0 fully saturated rings. The molecule has 4 heteroatoms. The van der Waals surface area contributed by atoms with Crippen LogP contribution < -0.4 is 11.1 Å². The van der Waals surface area contributed by atoms with Gasteiger partial charge in [-0.25, -0.2) is 0 Å². The van der Waals surface area contributed by atoms with Crippen molar-refractivity contribution < 1.29 is 5.11 Å². The van der Waals surface area contributed by atoms with Gasteiger partial charge in [0, 0.05) is 17.6 Å². The number of benzene rings is 1. The zero-order valence-corrected chi connectivity index (χ0v) is 12.0. The third-order valence-corrected chi connectivity index (χ3v) is 3.28. The van der Waals surface area contributed by atoms with Gasteiger partial charge < -0.3 is 16.2 Å². The fraction of sp³-hybridized carbons (Fsp3) is 0.538. The summed E-state index contributed by atoms with van der Waals surface area (Å²) in [7, 11) is 0.